The van der Waals surface area contributed by atoms with E-state index < -0.39 is 17.5 Å². The standard InChI is InChI=1S/C17H13F2N3O3/c18-11-5-6-16(12(19)9-11)25-10-22-8-7-14(21-22)17(24)20-13-3-1-2-4-15(13)23/h1-9,23H,10H2,(H,20,24). The molecule has 0 saturated carbocycles. The third kappa shape index (κ3) is 3.92. The molecule has 0 spiro atoms. The lowest BCUT2D eigenvalue weighted by Gasteiger charge is -2.07. The van der Waals surface area contributed by atoms with E-state index in [1.165, 1.54) is 29.1 Å². The molecule has 1 amide bonds. The summed E-state index contributed by atoms with van der Waals surface area (Å²) in [7, 11) is 0. The Morgan fingerprint density at radius 2 is 2.00 bits per heavy atom. The highest BCUT2D eigenvalue weighted by Gasteiger charge is 2.12. The molecule has 1 heterocycles. The Labute approximate surface area is 141 Å². The topological polar surface area (TPSA) is 76.4 Å². The number of anilines is 1. The highest BCUT2D eigenvalue weighted by Crippen LogP contribution is 2.22. The molecule has 3 rings (SSSR count). The van der Waals surface area contributed by atoms with Crippen LogP contribution in [-0.2, 0) is 6.73 Å². The lowest BCUT2D eigenvalue weighted by atomic mass is 10.3. The highest BCUT2D eigenvalue weighted by molar-refractivity contribution is 6.03. The number of amides is 1. The van der Waals surface area contributed by atoms with Gasteiger partial charge in [-0.25, -0.2) is 13.5 Å². The summed E-state index contributed by atoms with van der Waals surface area (Å²) in [4.78, 5) is 12.1. The molecule has 3 aromatic rings. The average Bonchev–Trinajstić information content (AvgIpc) is 3.05. The fourth-order valence-corrected chi connectivity index (χ4v) is 2.05. The predicted octanol–water partition coefficient (Wildman–Crippen LogP) is 3.16. The molecule has 2 N–H and O–H groups in total. The quantitative estimate of drug-likeness (QED) is 0.697. The molecule has 6 nitrogen and oxygen atoms in total. The smallest absolute Gasteiger partial charge is 0.276 e. The van der Waals surface area contributed by atoms with Crippen LogP contribution in [0.2, 0.25) is 0 Å². The Morgan fingerprint density at radius 3 is 2.76 bits per heavy atom. The van der Waals surface area contributed by atoms with Crippen molar-refractivity contribution in [1.82, 2.24) is 9.78 Å². The maximum Gasteiger partial charge on any atom is 0.276 e. The van der Waals surface area contributed by atoms with Crippen LogP contribution in [0, 0.1) is 11.6 Å². The molecule has 8 heteroatoms. The van der Waals surface area contributed by atoms with Gasteiger partial charge in [-0.3, -0.25) is 4.79 Å². The minimum atomic E-state index is -0.829. The van der Waals surface area contributed by atoms with Gasteiger partial charge in [-0.1, -0.05) is 12.1 Å². The van der Waals surface area contributed by atoms with Crippen molar-refractivity contribution in [3.8, 4) is 11.5 Å². The summed E-state index contributed by atoms with van der Waals surface area (Å²) in [6.07, 6.45) is 1.47. The summed E-state index contributed by atoms with van der Waals surface area (Å²) in [5.41, 5.74) is 0.345. The van der Waals surface area contributed by atoms with Gasteiger partial charge < -0.3 is 15.2 Å². The minimum absolute atomic E-state index is 0.0644. The fourth-order valence-electron chi connectivity index (χ4n) is 2.05. The van der Waals surface area contributed by atoms with Crippen molar-refractivity contribution in [2.24, 2.45) is 0 Å². The maximum atomic E-state index is 13.5. The summed E-state index contributed by atoms with van der Waals surface area (Å²) < 4.78 is 32.8. The molecule has 0 aliphatic heterocycles. The van der Waals surface area contributed by atoms with Gasteiger partial charge in [-0.2, -0.15) is 5.10 Å². The number of carbonyl (C=O) groups excluding carboxylic acids is 1. The number of aromatic nitrogens is 2. The van der Waals surface area contributed by atoms with Gasteiger partial charge in [0.2, 0.25) is 0 Å². The van der Waals surface area contributed by atoms with Crippen molar-refractivity contribution in [1.29, 1.82) is 0 Å². The molecular weight excluding hydrogens is 332 g/mol. The van der Waals surface area contributed by atoms with E-state index in [0.717, 1.165) is 6.07 Å². The summed E-state index contributed by atoms with van der Waals surface area (Å²) in [5.74, 6) is -2.24. The second-order valence-corrected chi connectivity index (χ2v) is 5.06. The van der Waals surface area contributed by atoms with Crippen molar-refractivity contribution in [2.75, 3.05) is 5.32 Å². The third-order valence-corrected chi connectivity index (χ3v) is 3.27. The first-order valence-corrected chi connectivity index (χ1v) is 7.23. The minimum Gasteiger partial charge on any atom is -0.506 e. The van der Waals surface area contributed by atoms with E-state index in [1.807, 2.05) is 0 Å². The first-order valence-electron chi connectivity index (χ1n) is 7.23. The van der Waals surface area contributed by atoms with E-state index in [0.29, 0.717) is 6.07 Å². The first-order chi connectivity index (χ1) is 12.0. The summed E-state index contributed by atoms with van der Waals surface area (Å²) >= 11 is 0. The number of aromatic hydroxyl groups is 1. The molecule has 0 atom stereocenters. The predicted molar refractivity (Wildman–Crippen MR) is 85.3 cm³/mol. The van der Waals surface area contributed by atoms with E-state index >= 15 is 0 Å². The van der Waals surface area contributed by atoms with Crippen LogP contribution >= 0.6 is 0 Å². The van der Waals surface area contributed by atoms with E-state index in [2.05, 4.69) is 10.4 Å². The Bertz CT molecular complexity index is 912. The molecule has 0 aliphatic rings. The van der Waals surface area contributed by atoms with Gasteiger partial charge >= 0.3 is 0 Å². The number of nitrogens with zero attached hydrogens (tertiary/aromatic N) is 2. The van der Waals surface area contributed by atoms with Crippen molar-refractivity contribution < 1.29 is 23.4 Å². The van der Waals surface area contributed by atoms with E-state index in [1.54, 1.807) is 18.2 Å². The molecule has 0 bridgehead atoms. The zero-order valence-corrected chi connectivity index (χ0v) is 12.8. The molecular formula is C17H13F2N3O3. The fraction of sp³-hybridized carbons (Fsp3) is 0.0588. The Kier molecular flexibility index (Phi) is 4.60. The molecule has 0 fully saturated rings. The lowest BCUT2D eigenvalue weighted by Crippen LogP contribution is -2.14. The summed E-state index contributed by atoms with van der Waals surface area (Å²) in [5, 5.41) is 16.2. The number of phenols is 1. The molecule has 1 aromatic heterocycles. The van der Waals surface area contributed by atoms with Crippen LogP contribution in [-0.4, -0.2) is 20.8 Å². The number of para-hydroxylation sites is 2. The second kappa shape index (κ2) is 7.00. The molecule has 128 valence electrons. The number of carbonyl (C=O) groups is 1. The Morgan fingerprint density at radius 1 is 1.20 bits per heavy atom. The van der Waals surface area contributed by atoms with Gasteiger partial charge in [0, 0.05) is 12.3 Å². The SMILES string of the molecule is O=C(Nc1ccccc1O)c1ccn(COc2ccc(F)cc2F)n1. The van der Waals surface area contributed by atoms with Crippen LogP contribution in [0.3, 0.4) is 0 Å². The summed E-state index contributed by atoms with van der Waals surface area (Å²) in [6.45, 7) is -0.160. The number of hydrogen-bond donors (Lipinski definition) is 2. The first kappa shape index (κ1) is 16.4. The molecule has 2 aromatic carbocycles. The molecule has 0 radical (unpaired) electrons. The van der Waals surface area contributed by atoms with Crippen LogP contribution < -0.4 is 10.1 Å². The maximum absolute atomic E-state index is 13.5. The third-order valence-electron chi connectivity index (χ3n) is 3.27. The van der Waals surface area contributed by atoms with E-state index in [-0.39, 0.29) is 29.6 Å². The normalized spacial score (nSPS) is 10.5. The zero-order valence-electron chi connectivity index (χ0n) is 12.8. The molecule has 0 aliphatic carbocycles. The Hall–Kier alpha value is -3.42. The van der Waals surface area contributed by atoms with Gasteiger partial charge in [0.1, 0.15) is 11.6 Å². The number of halogens is 2. The van der Waals surface area contributed by atoms with Crippen molar-refractivity contribution in [2.45, 2.75) is 6.73 Å². The van der Waals surface area contributed by atoms with Gasteiger partial charge in [0.15, 0.2) is 24.0 Å². The Balaban J connectivity index is 1.64. The molecule has 25 heavy (non-hydrogen) atoms. The van der Waals surface area contributed by atoms with Gasteiger partial charge in [-0.05, 0) is 30.3 Å². The van der Waals surface area contributed by atoms with Crippen molar-refractivity contribution >= 4 is 11.6 Å². The van der Waals surface area contributed by atoms with Gasteiger partial charge in [0.05, 0.1) is 5.69 Å². The van der Waals surface area contributed by atoms with Crippen LogP contribution in [0.1, 0.15) is 10.5 Å². The average molecular weight is 345 g/mol. The zero-order chi connectivity index (χ0) is 17.8. The van der Waals surface area contributed by atoms with Crippen molar-refractivity contribution in [3.05, 3.63) is 72.1 Å². The van der Waals surface area contributed by atoms with E-state index in [4.69, 9.17) is 4.74 Å². The van der Waals surface area contributed by atoms with Gasteiger partial charge in [-0.15, -0.1) is 0 Å². The van der Waals surface area contributed by atoms with Crippen LogP contribution in [0.15, 0.2) is 54.7 Å². The van der Waals surface area contributed by atoms with E-state index in [9.17, 15) is 18.7 Å². The lowest BCUT2D eigenvalue weighted by molar-refractivity contribution is 0.101. The summed E-state index contributed by atoms with van der Waals surface area (Å²) in [6, 6.07) is 10.7. The van der Waals surface area contributed by atoms with Crippen LogP contribution in [0.5, 0.6) is 11.5 Å². The van der Waals surface area contributed by atoms with Gasteiger partial charge in [0.25, 0.3) is 5.91 Å². The number of nitrogens with one attached hydrogen (secondary N) is 1. The monoisotopic (exact) mass is 345 g/mol. The van der Waals surface area contributed by atoms with Crippen LogP contribution in [0.25, 0.3) is 0 Å². The number of ether oxygens (including phenoxy) is 1. The number of phenolic OH excluding ortho intramolecular Hbond substituents is 1. The van der Waals surface area contributed by atoms with Crippen molar-refractivity contribution in [3.63, 3.8) is 0 Å². The molecule has 0 saturated heterocycles. The number of hydrogen-bond acceptors (Lipinski definition) is 4. The number of rotatable bonds is 5. The largest absolute Gasteiger partial charge is 0.506 e. The number of benzene rings is 2. The second-order valence-electron chi connectivity index (χ2n) is 5.06. The van der Waals surface area contributed by atoms with Crippen LogP contribution in [0.4, 0.5) is 14.5 Å². The molecule has 0 unspecified atom stereocenters. The highest BCUT2D eigenvalue weighted by atomic mass is 19.1.